The number of anilines is 1. The average molecular weight is 229 g/mol. The molecular formula is C15H19NO. The third-order valence-electron chi connectivity index (χ3n) is 4.04. The molecule has 1 saturated carbocycles. The van der Waals surface area contributed by atoms with Crippen molar-refractivity contribution in [2.45, 2.75) is 45.1 Å². The molecule has 1 aliphatic heterocycles. The summed E-state index contributed by atoms with van der Waals surface area (Å²) in [4.78, 5) is 14.3. The molecule has 0 bridgehead atoms. The minimum atomic E-state index is 0.164. The van der Waals surface area contributed by atoms with Gasteiger partial charge in [0.15, 0.2) is 5.78 Å². The maximum atomic E-state index is 11.9. The van der Waals surface area contributed by atoms with Gasteiger partial charge in [-0.15, -0.1) is 0 Å². The van der Waals surface area contributed by atoms with E-state index in [0.717, 1.165) is 32.2 Å². The molecule has 0 spiro atoms. The van der Waals surface area contributed by atoms with Gasteiger partial charge in [-0.1, -0.05) is 17.7 Å². The second-order valence-corrected chi connectivity index (χ2v) is 5.30. The largest absolute Gasteiger partial charge is 0.361 e. The first-order valence-corrected chi connectivity index (χ1v) is 6.64. The molecule has 1 aromatic rings. The number of aryl methyl sites for hydroxylation is 2. The van der Waals surface area contributed by atoms with Crippen molar-refractivity contribution in [2.24, 2.45) is 0 Å². The topological polar surface area (TPSA) is 20.3 Å². The highest BCUT2D eigenvalue weighted by molar-refractivity contribution is 5.89. The third-order valence-corrected chi connectivity index (χ3v) is 4.04. The lowest BCUT2D eigenvalue weighted by Gasteiger charge is -2.35. The normalized spacial score (nSPS) is 23.9. The van der Waals surface area contributed by atoms with Crippen LogP contribution in [0.5, 0.6) is 0 Å². The van der Waals surface area contributed by atoms with Crippen LogP contribution in [-0.2, 0) is 11.2 Å². The van der Waals surface area contributed by atoms with E-state index < -0.39 is 0 Å². The number of hydrogen-bond acceptors (Lipinski definition) is 2. The van der Waals surface area contributed by atoms with Crippen molar-refractivity contribution >= 4 is 11.5 Å². The monoisotopic (exact) mass is 229 g/mol. The number of carbonyl (C=O) groups is 1. The van der Waals surface area contributed by atoms with E-state index in [4.69, 9.17) is 0 Å². The molecule has 17 heavy (non-hydrogen) atoms. The van der Waals surface area contributed by atoms with Crippen LogP contribution in [0.15, 0.2) is 18.2 Å². The first kappa shape index (κ1) is 10.8. The van der Waals surface area contributed by atoms with Gasteiger partial charge in [0.05, 0.1) is 6.04 Å². The van der Waals surface area contributed by atoms with Crippen molar-refractivity contribution in [2.75, 3.05) is 11.4 Å². The van der Waals surface area contributed by atoms with E-state index in [1.54, 1.807) is 0 Å². The Morgan fingerprint density at radius 1 is 1.24 bits per heavy atom. The summed E-state index contributed by atoms with van der Waals surface area (Å²) in [5.41, 5.74) is 4.06. The van der Waals surface area contributed by atoms with Crippen molar-refractivity contribution in [3.63, 3.8) is 0 Å². The Morgan fingerprint density at radius 3 is 2.88 bits per heavy atom. The highest BCUT2D eigenvalue weighted by Gasteiger charge is 2.32. The molecule has 0 N–H and O–H groups in total. The fourth-order valence-electron chi connectivity index (χ4n) is 3.21. The second-order valence-electron chi connectivity index (χ2n) is 5.30. The zero-order valence-corrected chi connectivity index (χ0v) is 10.4. The molecule has 2 nitrogen and oxygen atoms in total. The Balaban J connectivity index is 1.96. The molecule has 1 aromatic carbocycles. The SMILES string of the molecule is Cc1ccc2c(c1)CCCN2C1CCCC1=O. The predicted molar refractivity (Wildman–Crippen MR) is 69.5 cm³/mol. The highest BCUT2D eigenvalue weighted by Crippen LogP contribution is 2.33. The van der Waals surface area contributed by atoms with Gasteiger partial charge in [-0.05, 0) is 44.2 Å². The Bertz CT molecular complexity index is 452. The Kier molecular flexibility index (Phi) is 2.65. The molecule has 1 fully saturated rings. The van der Waals surface area contributed by atoms with Crippen molar-refractivity contribution < 1.29 is 4.79 Å². The number of rotatable bonds is 1. The van der Waals surface area contributed by atoms with Crippen LogP contribution in [0, 0.1) is 6.92 Å². The Hall–Kier alpha value is -1.31. The van der Waals surface area contributed by atoms with Crippen molar-refractivity contribution in [1.29, 1.82) is 0 Å². The van der Waals surface area contributed by atoms with Gasteiger partial charge in [0.1, 0.15) is 0 Å². The lowest BCUT2D eigenvalue weighted by Crippen LogP contribution is -2.41. The lowest BCUT2D eigenvalue weighted by atomic mass is 9.97. The summed E-state index contributed by atoms with van der Waals surface area (Å²) in [6.07, 6.45) is 5.24. The molecule has 0 saturated heterocycles. The van der Waals surface area contributed by atoms with E-state index in [0.29, 0.717) is 5.78 Å². The number of hydrogen-bond donors (Lipinski definition) is 0. The van der Waals surface area contributed by atoms with Gasteiger partial charge in [0.25, 0.3) is 0 Å². The van der Waals surface area contributed by atoms with E-state index in [-0.39, 0.29) is 6.04 Å². The van der Waals surface area contributed by atoms with Crippen LogP contribution in [0.3, 0.4) is 0 Å². The first-order valence-electron chi connectivity index (χ1n) is 6.64. The zero-order chi connectivity index (χ0) is 11.8. The summed E-state index contributed by atoms with van der Waals surface area (Å²) >= 11 is 0. The van der Waals surface area contributed by atoms with Gasteiger partial charge >= 0.3 is 0 Å². The van der Waals surface area contributed by atoms with Crippen LogP contribution in [-0.4, -0.2) is 18.4 Å². The van der Waals surface area contributed by atoms with Gasteiger partial charge < -0.3 is 4.90 Å². The number of carbonyl (C=O) groups excluding carboxylic acids is 1. The van der Waals surface area contributed by atoms with E-state index in [9.17, 15) is 4.79 Å². The molecular weight excluding hydrogens is 210 g/mol. The minimum absolute atomic E-state index is 0.164. The van der Waals surface area contributed by atoms with Gasteiger partial charge in [-0.25, -0.2) is 0 Å². The molecule has 2 heteroatoms. The van der Waals surface area contributed by atoms with Crippen LogP contribution < -0.4 is 4.90 Å². The summed E-state index contributed by atoms with van der Waals surface area (Å²) in [6.45, 7) is 3.19. The highest BCUT2D eigenvalue weighted by atomic mass is 16.1. The number of fused-ring (bicyclic) bond motifs is 1. The summed E-state index contributed by atoms with van der Waals surface area (Å²) in [5, 5.41) is 0. The summed E-state index contributed by atoms with van der Waals surface area (Å²) in [7, 11) is 0. The molecule has 0 radical (unpaired) electrons. The van der Waals surface area contributed by atoms with Crippen molar-refractivity contribution in [3.05, 3.63) is 29.3 Å². The molecule has 3 rings (SSSR count). The molecule has 1 atom stereocenters. The Morgan fingerprint density at radius 2 is 2.12 bits per heavy atom. The summed E-state index contributed by atoms with van der Waals surface area (Å²) in [5.74, 6) is 0.443. The Labute approximate surface area is 103 Å². The molecule has 1 heterocycles. The van der Waals surface area contributed by atoms with Crippen LogP contribution in [0.25, 0.3) is 0 Å². The number of nitrogens with zero attached hydrogens (tertiary/aromatic N) is 1. The average Bonchev–Trinajstić information content (AvgIpc) is 2.74. The molecule has 0 amide bonds. The fourth-order valence-corrected chi connectivity index (χ4v) is 3.21. The number of benzene rings is 1. The van der Waals surface area contributed by atoms with Crippen LogP contribution in [0.1, 0.15) is 36.8 Å². The lowest BCUT2D eigenvalue weighted by molar-refractivity contribution is -0.118. The molecule has 90 valence electrons. The molecule has 0 aromatic heterocycles. The van der Waals surface area contributed by atoms with Gasteiger partial charge in [0.2, 0.25) is 0 Å². The number of ketones is 1. The zero-order valence-electron chi connectivity index (χ0n) is 10.4. The summed E-state index contributed by atoms with van der Waals surface area (Å²) < 4.78 is 0. The third kappa shape index (κ3) is 1.86. The van der Waals surface area contributed by atoms with Gasteiger partial charge in [-0.3, -0.25) is 4.79 Å². The van der Waals surface area contributed by atoms with Crippen LogP contribution in [0.4, 0.5) is 5.69 Å². The van der Waals surface area contributed by atoms with Crippen LogP contribution in [0.2, 0.25) is 0 Å². The van der Waals surface area contributed by atoms with Crippen molar-refractivity contribution in [1.82, 2.24) is 0 Å². The van der Waals surface area contributed by atoms with E-state index >= 15 is 0 Å². The van der Waals surface area contributed by atoms with Gasteiger partial charge in [-0.2, -0.15) is 0 Å². The second kappa shape index (κ2) is 4.17. The maximum absolute atomic E-state index is 11.9. The summed E-state index contributed by atoms with van der Waals surface area (Å²) in [6, 6.07) is 6.81. The van der Waals surface area contributed by atoms with Crippen molar-refractivity contribution in [3.8, 4) is 0 Å². The molecule has 2 aliphatic rings. The predicted octanol–water partition coefficient (Wildman–Crippen LogP) is 2.87. The van der Waals surface area contributed by atoms with E-state index in [2.05, 4.69) is 30.0 Å². The fraction of sp³-hybridized carbons (Fsp3) is 0.533. The van der Waals surface area contributed by atoms with Gasteiger partial charge in [0, 0.05) is 18.7 Å². The number of Topliss-reactive ketones (excluding diaryl/α,β-unsaturated/α-hetero) is 1. The molecule has 1 aliphatic carbocycles. The maximum Gasteiger partial charge on any atom is 0.155 e. The minimum Gasteiger partial charge on any atom is -0.361 e. The first-order chi connectivity index (χ1) is 8.25. The van der Waals surface area contributed by atoms with E-state index in [1.165, 1.54) is 23.2 Å². The smallest absolute Gasteiger partial charge is 0.155 e. The standard InChI is InChI=1S/C15H19NO/c1-11-7-8-13-12(10-11)4-3-9-16(13)14-5-2-6-15(14)17/h7-8,10,14H,2-6,9H2,1H3. The van der Waals surface area contributed by atoms with E-state index in [1.807, 2.05) is 0 Å². The molecule has 1 unspecified atom stereocenters. The quantitative estimate of drug-likeness (QED) is 0.738. The van der Waals surface area contributed by atoms with Crippen LogP contribution >= 0.6 is 0 Å².